The average Bonchev–Trinajstić information content (AvgIpc) is 2.58. The molecule has 5 nitrogen and oxygen atoms in total. The molecule has 0 aliphatic carbocycles. The molecule has 146 valence electrons. The van der Waals surface area contributed by atoms with Crippen molar-refractivity contribution in [1.29, 1.82) is 0 Å². The predicted octanol–water partition coefficient (Wildman–Crippen LogP) is 2.41. The molecule has 0 spiro atoms. The monoisotopic (exact) mass is 353 g/mol. The van der Waals surface area contributed by atoms with Crippen molar-refractivity contribution in [3.63, 3.8) is 0 Å². The van der Waals surface area contributed by atoms with Gasteiger partial charge in [0.25, 0.3) is 0 Å². The molecule has 2 aliphatic rings. The fraction of sp³-hybridized carbons (Fsp3) is 0.950. The van der Waals surface area contributed by atoms with E-state index >= 15 is 0 Å². The standard InChI is InChI=1S/C20H39N3O2/c1-16(2)14-21-18(24)20(15-22-17-6-12-25-13-7-17)8-10-23(11-9-20)19(3,4)5/h16-17,22H,6-15H2,1-5H3,(H,21,24). The number of hydrogen-bond acceptors (Lipinski definition) is 4. The molecule has 0 radical (unpaired) electrons. The van der Waals surface area contributed by atoms with Gasteiger partial charge in [-0.25, -0.2) is 0 Å². The highest BCUT2D eigenvalue weighted by Gasteiger charge is 2.43. The molecule has 0 atom stereocenters. The third kappa shape index (κ3) is 5.93. The van der Waals surface area contributed by atoms with Crippen LogP contribution in [0.15, 0.2) is 0 Å². The highest BCUT2D eigenvalue weighted by atomic mass is 16.5. The number of piperidine rings is 1. The number of nitrogens with zero attached hydrogens (tertiary/aromatic N) is 1. The van der Waals surface area contributed by atoms with Gasteiger partial charge in [0, 0.05) is 37.9 Å². The van der Waals surface area contributed by atoms with Crippen LogP contribution in [0.3, 0.4) is 0 Å². The zero-order valence-corrected chi connectivity index (χ0v) is 17.0. The minimum absolute atomic E-state index is 0.175. The van der Waals surface area contributed by atoms with Crippen molar-refractivity contribution in [2.75, 3.05) is 39.4 Å². The SMILES string of the molecule is CC(C)CNC(=O)C1(CNC2CCOCC2)CCN(C(C)(C)C)CC1. The topological polar surface area (TPSA) is 53.6 Å². The Morgan fingerprint density at radius 3 is 2.32 bits per heavy atom. The van der Waals surface area contributed by atoms with Crippen LogP contribution in [0.5, 0.6) is 0 Å². The normalized spacial score (nSPS) is 23.0. The van der Waals surface area contributed by atoms with Gasteiger partial charge in [-0.15, -0.1) is 0 Å². The molecule has 0 aromatic heterocycles. The number of amides is 1. The van der Waals surface area contributed by atoms with E-state index in [1.54, 1.807) is 0 Å². The van der Waals surface area contributed by atoms with Gasteiger partial charge in [0.2, 0.25) is 5.91 Å². The average molecular weight is 354 g/mol. The van der Waals surface area contributed by atoms with Crippen molar-refractivity contribution in [3.05, 3.63) is 0 Å². The van der Waals surface area contributed by atoms with Gasteiger partial charge in [0.15, 0.2) is 0 Å². The van der Waals surface area contributed by atoms with Gasteiger partial charge in [-0.2, -0.15) is 0 Å². The Hall–Kier alpha value is -0.650. The molecule has 0 bridgehead atoms. The van der Waals surface area contributed by atoms with E-state index in [0.29, 0.717) is 12.0 Å². The fourth-order valence-corrected chi connectivity index (χ4v) is 3.82. The number of hydrogen-bond donors (Lipinski definition) is 2. The second-order valence-corrected chi connectivity index (χ2v) is 9.31. The summed E-state index contributed by atoms with van der Waals surface area (Å²) in [6, 6.07) is 0.490. The molecule has 0 unspecified atom stereocenters. The van der Waals surface area contributed by atoms with Crippen molar-refractivity contribution < 1.29 is 9.53 Å². The summed E-state index contributed by atoms with van der Waals surface area (Å²) in [5.41, 5.74) is -0.0936. The maximum atomic E-state index is 13.1. The van der Waals surface area contributed by atoms with E-state index in [2.05, 4.69) is 50.2 Å². The summed E-state index contributed by atoms with van der Waals surface area (Å²) in [7, 11) is 0. The van der Waals surface area contributed by atoms with E-state index in [4.69, 9.17) is 4.74 Å². The van der Waals surface area contributed by atoms with E-state index in [9.17, 15) is 4.79 Å². The summed E-state index contributed by atoms with van der Waals surface area (Å²) in [5, 5.41) is 6.91. The highest BCUT2D eigenvalue weighted by molar-refractivity contribution is 5.83. The summed E-state index contributed by atoms with van der Waals surface area (Å²) < 4.78 is 5.45. The van der Waals surface area contributed by atoms with Crippen molar-refractivity contribution >= 4 is 5.91 Å². The van der Waals surface area contributed by atoms with E-state index < -0.39 is 0 Å². The minimum Gasteiger partial charge on any atom is -0.381 e. The van der Waals surface area contributed by atoms with Gasteiger partial charge >= 0.3 is 0 Å². The zero-order valence-electron chi connectivity index (χ0n) is 17.0. The van der Waals surface area contributed by atoms with Crippen LogP contribution < -0.4 is 10.6 Å². The molecule has 2 N–H and O–H groups in total. The third-order valence-corrected chi connectivity index (χ3v) is 5.77. The lowest BCUT2D eigenvalue weighted by Crippen LogP contribution is -2.57. The van der Waals surface area contributed by atoms with Gasteiger partial charge in [-0.1, -0.05) is 13.8 Å². The van der Waals surface area contributed by atoms with E-state index in [1.165, 1.54) is 0 Å². The Morgan fingerprint density at radius 2 is 1.80 bits per heavy atom. The van der Waals surface area contributed by atoms with E-state index in [1.807, 2.05) is 0 Å². The number of carbonyl (C=O) groups excluding carboxylic acids is 1. The number of ether oxygens (including phenoxy) is 1. The van der Waals surface area contributed by atoms with Gasteiger partial charge in [0.1, 0.15) is 0 Å². The molecule has 2 saturated heterocycles. The maximum absolute atomic E-state index is 13.1. The van der Waals surface area contributed by atoms with Crippen LogP contribution in [0, 0.1) is 11.3 Å². The van der Waals surface area contributed by atoms with Crippen molar-refractivity contribution in [1.82, 2.24) is 15.5 Å². The molecule has 0 aromatic rings. The Morgan fingerprint density at radius 1 is 1.20 bits per heavy atom. The lowest BCUT2D eigenvalue weighted by Gasteiger charge is -2.46. The molecule has 2 heterocycles. The number of nitrogens with one attached hydrogen (secondary N) is 2. The Kier molecular flexibility index (Phi) is 7.29. The van der Waals surface area contributed by atoms with Gasteiger partial charge < -0.3 is 15.4 Å². The first kappa shape index (κ1) is 20.7. The van der Waals surface area contributed by atoms with E-state index in [-0.39, 0.29) is 16.9 Å². The smallest absolute Gasteiger partial charge is 0.227 e. The number of carbonyl (C=O) groups is 1. The first-order valence-electron chi connectivity index (χ1n) is 10.1. The van der Waals surface area contributed by atoms with Gasteiger partial charge in [0.05, 0.1) is 5.41 Å². The van der Waals surface area contributed by atoms with Crippen molar-refractivity contribution in [3.8, 4) is 0 Å². The van der Waals surface area contributed by atoms with Crippen LogP contribution in [-0.4, -0.2) is 61.8 Å². The molecular weight excluding hydrogens is 314 g/mol. The Balaban J connectivity index is 1.99. The molecule has 25 heavy (non-hydrogen) atoms. The Labute approximate surface area is 154 Å². The molecule has 0 aromatic carbocycles. The van der Waals surface area contributed by atoms with Crippen LogP contribution >= 0.6 is 0 Å². The molecule has 2 rings (SSSR count). The first-order chi connectivity index (χ1) is 11.7. The van der Waals surface area contributed by atoms with Crippen LogP contribution in [0.25, 0.3) is 0 Å². The molecule has 0 saturated carbocycles. The highest BCUT2D eigenvalue weighted by Crippen LogP contribution is 2.34. The lowest BCUT2D eigenvalue weighted by atomic mass is 9.76. The molecule has 2 fully saturated rings. The minimum atomic E-state index is -0.269. The van der Waals surface area contributed by atoms with Crippen LogP contribution in [0.4, 0.5) is 0 Å². The fourth-order valence-electron chi connectivity index (χ4n) is 3.82. The summed E-state index contributed by atoms with van der Waals surface area (Å²) in [5.74, 6) is 0.730. The van der Waals surface area contributed by atoms with E-state index in [0.717, 1.165) is 65.1 Å². The van der Waals surface area contributed by atoms with Crippen LogP contribution in [-0.2, 0) is 9.53 Å². The lowest BCUT2D eigenvalue weighted by molar-refractivity contribution is -0.135. The molecular formula is C20H39N3O2. The predicted molar refractivity (Wildman–Crippen MR) is 103 cm³/mol. The van der Waals surface area contributed by atoms with Crippen LogP contribution in [0.2, 0.25) is 0 Å². The third-order valence-electron chi connectivity index (χ3n) is 5.77. The Bertz CT molecular complexity index is 417. The quantitative estimate of drug-likeness (QED) is 0.770. The number of likely N-dealkylation sites (tertiary alicyclic amines) is 1. The van der Waals surface area contributed by atoms with Crippen LogP contribution in [0.1, 0.15) is 60.3 Å². The molecule has 1 amide bonds. The summed E-state index contributed by atoms with van der Waals surface area (Å²) in [6.07, 6.45) is 3.98. The second kappa shape index (κ2) is 8.83. The summed E-state index contributed by atoms with van der Waals surface area (Å²) in [6.45, 7) is 16.3. The zero-order chi connectivity index (χ0) is 18.5. The summed E-state index contributed by atoms with van der Waals surface area (Å²) in [4.78, 5) is 15.6. The largest absolute Gasteiger partial charge is 0.381 e. The van der Waals surface area contributed by atoms with Gasteiger partial charge in [-0.05, 0) is 65.5 Å². The number of rotatable bonds is 6. The maximum Gasteiger partial charge on any atom is 0.227 e. The van der Waals surface area contributed by atoms with Crippen molar-refractivity contribution in [2.24, 2.45) is 11.3 Å². The molecule has 5 heteroatoms. The second-order valence-electron chi connectivity index (χ2n) is 9.31. The van der Waals surface area contributed by atoms with Crippen molar-refractivity contribution in [2.45, 2.75) is 71.9 Å². The summed E-state index contributed by atoms with van der Waals surface area (Å²) >= 11 is 0. The molecule has 2 aliphatic heterocycles. The first-order valence-corrected chi connectivity index (χ1v) is 10.1. The van der Waals surface area contributed by atoms with Gasteiger partial charge in [-0.3, -0.25) is 9.69 Å².